The van der Waals surface area contributed by atoms with Crippen LogP contribution in [-0.4, -0.2) is 5.54 Å². The Morgan fingerprint density at radius 1 is 1.08 bits per heavy atom. The van der Waals surface area contributed by atoms with E-state index >= 15 is 0 Å². The van der Waals surface area contributed by atoms with Crippen molar-refractivity contribution in [3.05, 3.63) is 0 Å². The van der Waals surface area contributed by atoms with Crippen molar-refractivity contribution >= 4 is 0 Å². The molecule has 76 valence electrons. The Balaban J connectivity index is 1.68. The maximum atomic E-state index is 6.07. The van der Waals surface area contributed by atoms with Crippen LogP contribution in [0.5, 0.6) is 0 Å². The Labute approximate surface area is 82.1 Å². The van der Waals surface area contributed by atoms with Crippen LogP contribution in [0.3, 0.4) is 0 Å². The number of rotatable bonds is 5. The monoisotopic (exact) mass is 181 g/mol. The van der Waals surface area contributed by atoms with Crippen molar-refractivity contribution in [1.29, 1.82) is 0 Å². The molecule has 0 saturated heterocycles. The quantitative estimate of drug-likeness (QED) is 0.693. The van der Waals surface area contributed by atoms with E-state index in [1.165, 1.54) is 44.9 Å². The fraction of sp³-hybridized carbons (Fsp3) is 1.00. The molecule has 0 spiro atoms. The van der Waals surface area contributed by atoms with E-state index in [2.05, 4.69) is 13.8 Å². The normalized spacial score (nSPS) is 27.7. The van der Waals surface area contributed by atoms with E-state index < -0.39 is 0 Å². The van der Waals surface area contributed by atoms with Crippen molar-refractivity contribution in [2.24, 2.45) is 17.1 Å². The predicted molar refractivity (Wildman–Crippen MR) is 56.5 cm³/mol. The second kappa shape index (κ2) is 2.98. The molecule has 2 fully saturated rings. The van der Waals surface area contributed by atoms with Crippen molar-refractivity contribution in [3.63, 3.8) is 0 Å². The third kappa shape index (κ3) is 2.07. The standard InChI is InChI=1S/C12H23N/c1-10(2)11(6-7-11)4-3-5-12(13)8-9-12/h10H,3-9,13H2,1-2H3. The van der Waals surface area contributed by atoms with Gasteiger partial charge in [0.1, 0.15) is 0 Å². The smallest absolute Gasteiger partial charge is 0.0155 e. The third-order valence-electron chi connectivity index (χ3n) is 4.36. The van der Waals surface area contributed by atoms with E-state index in [9.17, 15) is 0 Å². The predicted octanol–water partition coefficient (Wildman–Crippen LogP) is 3.08. The van der Waals surface area contributed by atoms with Crippen molar-refractivity contribution in [2.45, 2.75) is 64.3 Å². The Kier molecular flexibility index (Phi) is 2.18. The zero-order valence-electron chi connectivity index (χ0n) is 9.10. The molecule has 1 nitrogen and oxygen atoms in total. The topological polar surface area (TPSA) is 26.0 Å². The van der Waals surface area contributed by atoms with Gasteiger partial charge in [0.05, 0.1) is 0 Å². The summed E-state index contributed by atoms with van der Waals surface area (Å²) in [6.45, 7) is 4.75. The van der Waals surface area contributed by atoms with E-state index in [1.807, 2.05) is 0 Å². The van der Waals surface area contributed by atoms with Gasteiger partial charge in [-0.2, -0.15) is 0 Å². The molecule has 0 heterocycles. The lowest BCUT2D eigenvalue weighted by Crippen LogP contribution is -2.22. The molecule has 0 atom stereocenters. The first-order valence-electron chi connectivity index (χ1n) is 5.85. The van der Waals surface area contributed by atoms with Gasteiger partial charge in [-0.3, -0.25) is 0 Å². The minimum absolute atomic E-state index is 0.285. The summed E-state index contributed by atoms with van der Waals surface area (Å²) < 4.78 is 0. The highest BCUT2D eigenvalue weighted by atomic mass is 14.8. The summed E-state index contributed by atoms with van der Waals surface area (Å²) in [4.78, 5) is 0. The van der Waals surface area contributed by atoms with E-state index in [0.29, 0.717) is 0 Å². The molecule has 2 saturated carbocycles. The van der Waals surface area contributed by atoms with Crippen LogP contribution in [-0.2, 0) is 0 Å². The van der Waals surface area contributed by atoms with Crippen molar-refractivity contribution in [2.75, 3.05) is 0 Å². The van der Waals surface area contributed by atoms with E-state index in [1.54, 1.807) is 0 Å². The molecule has 0 aromatic rings. The number of hydrogen-bond acceptors (Lipinski definition) is 1. The lowest BCUT2D eigenvalue weighted by Gasteiger charge is -2.20. The van der Waals surface area contributed by atoms with Crippen molar-refractivity contribution in [3.8, 4) is 0 Å². The highest BCUT2D eigenvalue weighted by Crippen LogP contribution is 2.56. The molecule has 2 N–H and O–H groups in total. The Bertz CT molecular complexity index is 187. The SMILES string of the molecule is CC(C)C1(CCCC2(N)CC2)CC1. The van der Waals surface area contributed by atoms with Gasteiger partial charge < -0.3 is 5.73 Å². The van der Waals surface area contributed by atoms with E-state index in [4.69, 9.17) is 5.73 Å². The summed E-state index contributed by atoms with van der Waals surface area (Å²) in [7, 11) is 0. The number of nitrogens with two attached hydrogens (primary N) is 1. The largest absolute Gasteiger partial charge is 0.325 e. The summed E-state index contributed by atoms with van der Waals surface area (Å²) in [6.07, 6.45) is 9.59. The van der Waals surface area contributed by atoms with Gasteiger partial charge in [-0.05, 0) is 49.9 Å². The Morgan fingerprint density at radius 3 is 2.08 bits per heavy atom. The molecule has 0 amide bonds. The third-order valence-corrected chi connectivity index (χ3v) is 4.36. The van der Waals surface area contributed by atoms with E-state index in [0.717, 1.165) is 11.3 Å². The fourth-order valence-electron chi connectivity index (χ4n) is 2.48. The molecule has 2 rings (SSSR count). The van der Waals surface area contributed by atoms with Gasteiger partial charge in [0, 0.05) is 5.54 Å². The van der Waals surface area contributed by atoms with Crippen LogP contribution in [0, 0.1) is 11.3 Å². The van der Waals surface area contributed by atoms with Crippen LogP contribution in [0.4, 0.5) is 0 Å². The average molecular weight is 181 g/mol. The molecular formula is C12H23N. The van der Waals surface area contributed by atoms with Gasteiger partial charge in [-0.25, -0.2) is 0 Å². The zero-order valence-corrected chi connectivity index (χ0v) is 9.10. The van der Waals surface area contributed by atoms with Crippen LogP contribution in [0.1, 0.15) is 58.8 Å². The molecule has 1 heteroatoms. The number of hydrogen-bond donors (Lipinski definition) is 1. The van der Waals surface area contributed by atoms with Gasteiger partial charge >= 0.3 is 0 Å². The summed E-state index contributed by atoms with van der Waals surface area (Å²) in [5.41, 5.74) is 7.10. The Hall–Kier alpha value is -0.0400. The first-order chi connectivity index (χ1) is 6.06. The van der Waals surface area contributed by atoms with Crippen LogP contribution < -0.4 is 5.73 Å². The molecule has 2 aliphatic rings. The van der Waals surface area contributed by atoms with Gasteiger partial charge in [0.15, 0.2) is 0 Å². The van der Waals surface area contributed by atoms with Gasteiger partial charge in [-0.1, -0.05) is 20.3 Å². The lowest BCUT2D eigenvalue weighted by molar-refractivity contribution is 0.315. The van der Waals surface area contributed by atoms with Gasteiger partial charge in [-0.15, -0.1) is 0 Å². The summed E-state index contributed by atoms with van der Waals surface area (Å²) in [5, 5.41) is 0. The van der Waals surface area contributed by atoms with Crippen LogP contribution in [0.2, 0.25) is 0 Å². The van der Waals surface area contributed by atoms with E-state index in [-0.39, 0.29) is 5.54 Å². The molecule has 0 radical (unpaired) electrons. The molecule has 13 heavy (non-hydrogen) atoms. The average Bonchev–Trinajstić information content (AvgIpc) is 2.90. The van der Waals surface area contributed by atoms with Crippen LogP contribution in [0.15, 0.2) is 0 Å². The zero-order chi connectivity index (χ0) is 9.53. The fourth-order valence-corrected chi connectivity index (χ4v) is 2.48. The maximum Gasteiger partial charge on any atom is 0.0155 e. The Morgan fingerprint density at radius 2 is 1.69 bits per heavy atom. The summed E-state index contributed by atoms with van der Waals surface area (Å²) in [5.74, 6) is 0.889. The second-order valence-electron chi connectivity index (χ2n) is 5.73. The first kappa shape index (κ1) is 9.51. The minimum atomic E-state index is 0.285. The molecule has 0 aliphatic heterocycles. The van der Waals surface area contributed by atoms with Gasteiger partial charge in [0.2, 0.25) is 0 Å². The molecule has 0 aromatic carbocycles. The highest BCUT2D eigenvalue weighted by Gasteiger charge is 2.45. The van der Waals surface area contributed by atoms with Crippen molar-refractivity contribution < 1.29 is 0 Å². The van der Waals surface area contributed by atoms with Gasteiger partial charge in [0.25, 0.3) is 0 Å². The van der Waals surface area contributed by atoms with Crippen LogP contribution >= 0.6 is 0 Å². The highest BCUT2D eigenvalue weighted by molar-refractivity contribution is 5.00. The van der Waals surface area contributed by atoms with Crippen molar-refractivity contribution in [1.82, 2.24) is 0 Å². The maximum absolute atomic E-state index is 6.07. The molecule has 0 aromatic heterocycles. The summed E-state index contributed by atoms with van der Waals surface area (Å²) in [6, 6.07) is 0. The molecule has 2 aliphatic carbocycles. The molecule has 0 unspecified atom stereocenters. The molecular weight excluding hydrogens is 158 g/mol. The lowest BCUT2D eigenvalue weighted by atomic mass is 9.86. The summed E-state index contributed by atoms with van der Waals surface area (Å²) >= 11 is 0. The first-order valence-corrected chi connectivity index (χ1v) is 5.85. The molecule has 0 bridgehead atoms. The van der Waals surface area contributed by atoms with Crippen LogP contribution in [0.25, 0.3) is 0 Å². The minimum Gasteiger partial charge on any atom is -0.325 e. The second-order valence-corrected chi connectivity index (χ2v) is 5.73.